The fourth-order valence-corrected chi connectivity index (χ4v) is 5.09. The van der Waals surface area contributed by atoms with E-state index in [9.17, 15) is 28.3 Å². The maximum absolute atomic E-state index is 14.9. The topological polar surface area (TPSA) is 73.5 Å². The van der Waals surface area contributed by atoms with Crippen LogP contribution in [0.1, 0.15) is 43.0 Å². The number of ketones is 1. The number of halogens is 4. The third kappa shape index (κ3) is 5.80. The summed E-state index contributed by atoms with van der Waals surface area (Å²) in [5.41, 5.74) is 1.05. The molecule has 1 aliphatic carbocycles. The van der Waals surface area contributed by atoms with Gasteiger partial charge in [0.25, 0.3) is 0 Å². The molecule has 1 fully saturated rings. The molecular formula is C29H27ClF3NO4. The molecular weight excluding hydrogens is 519 g/mol. The molecule has 1 saturated carbocycles. The molecule has 4 rings (SSSR count). The number of ether oxygens (including phenoxy) is 1. The maximum atomic E-state index is 14.9. The molecule has 0 radical (unpaired) electrons. The van der Waals surface area contributed by atoms with Gasteiger partial charge in [-0.2, -0.15) is 13.5 Å². The van der Waals surface area contributed by atoms with Gasteiger partial charge in [-0.1, -0.05) is 56.3 Å². The zero-order valence-corrected chi connectivity index (χ0v) is 21.6. The number of Topliss-reactive ketones (excluding diaryl/α,β-unsaturated/α-hetero) is 1. The molecule has 0 amide bonds. The van der Waals surface area contributed by atoms with E-state index in [0.29, 0.717) is 34.1 Å². The Bertz CT molecular complexity index is 1350. The van der Waals surface area contributed by atoms with E-state index in [-0.39, 0.29) is 45.7 Å². The highest BCUT2D eigenvalue weighted by Gasteiger charge is 2.46. The van der Waals surface area contributed by atoms with Gasteiger partial charge in [-0.25, -0.2) is 4.39 Å². The van der Waals surface area contributed by atoms with Crippen molar-refractivity contribution in [1.29, 1.82) is 0 Å². The van der Waals surface area contributed by atoms with Gasteiger partial charge in [0.1, 0.15) is 17.4 Å². The van der Waals surface area contributed by atoms with Crippen LogP contribution in [0.25, 0.3) is 16.9 Å². The molecule has 1 aromatic heterocycles. The number of benzene rings is 2. The van der Waals surface area contributed by atoms with Crippen molar-refractivity contribution in [3.8, 4) is 16.9 Å². The molecule has 2 aromatic carbocycles. The monoisotopic (exact) mass is 545 g/mol. The van der Waals surface area contributed by atoms with Crippen LogP contribution < -0.4 is 9.47 Å². The second-order valence-corrected chi connectivity index (χ2v) is 10.1. The molecule has 1 N–H and O–H groups in total. The first-order chi connectivity index (χ1) is 18.0. The molecule has 9 heteroatoms. The van der Waals surface area contributed by atoms with Gasteiger partial charge in [0, 0.05) is 18.1 Å². The van der Waals surface area contributed by atoms with Crippen molar-refractivity contribution < 1.29 is 32.5 Å². The predicted molar refractivity (Wildman–Crippen MR) is 138 cm³/mol. The zero-order valence-electron chi connectivity index (χ0n) is 20.8. The number of hydrogen-bond acceptors (Lipinski definition) is 4. The molecule has 0 bridgehead atoms. The first-order valence-corrected chi connectivity index (χ1v) is 12.5. The van der Waals surface area contributed by atoms with Crippen LogP contribution >= 0.6 is 11.6 Å². The van der Waals surface area contributed by atoms with Crippen molar-refractivity contribution in [3.05, 3.63) is 94.2 Å². The van der Waals surface area contributed by atoms with Gasteiger partial charge < -0.3 is 15.1 Å². The maximum Gasteiger partial charge on any atom is 0.387 e. The van der Waals surface area contributed by atoms with Crippen molar-refractivity contribution in [2.45, 2.75) is 39.2 Å². The third-order valence-electron chi connectivity index (χ3n) is 7.46. The van der Waals surface area contributed by atoms with E-state index in [1.807, 2.05) is 0 Å². The van der Waals surface area contributed by atoms with E-state index in [4.69, 9.17) is 11.6 Å². The lowest BCUT2D eigenvalue weighted by molar-refractivity contribution is -0.614. The highest BCUT2D eigenvalue weighted by atomic mass is 35.5. The number of aromatic nitrogens is 1. The summed E-state index contributed by atoms with van der Waals surface area (Å²) < 4.78 is 45.6. The Balaban J connectivity index is 1.68. The Morgan fingerprint density at radius 2 is 1.79 bits per heavy atom. The van der Waals surface area contributed by atoms with Crippen LogP contribution in [0, 0.1) is 28.8 Å². The Morgan fingerprint density at radius 1 is 1.13 bits per heavy atom. The fourth-order valence-electron chi connectivity index (χ4n) is 4.93. The number of alkyl halides is 2. The first kappa shape index (κ1) is 27.5. The minimum absolute atomic E-state index is 0.0152. The molecule has 1 heterocycles. The van der Waals surface area contributed by atoms with Gasteiger partial charge >= 0.3 is 6.61 Å². The van der Waals surface area contributed by atoms with Crippen LogP contribution in [0.2, 0.25) is 5.02 Å². The summed E-state index contributed by atoms with van der Waals surface area (Å²) in [6, 6.07) is 11.8. The van der Waals surface area contributed by atoms with E-state index >= 15 is 0 Å². The number of pyridine rings is 1. The number of rotatable bonds is 10. The average Bonchev–Trinajstić information content (AvgIpc) is 3.43. The van der Waals surface area contributed by atoms with Gasteiger partial charge in [-0.05, 0) is 47.9 Å². The van der Waals surface area contributed by atoms with Crippen LogP contribution in [0.4, 0.5) is 13.2 Å². The predicted octanol–water partition coefficient (Wildman–Crippen LogP) is 7.10. The number of nitrogens with zero attached hydrogens (tertiary/aromatic N) is 1. The van der Waals surface area contributed by atoms with E-state index in [1.54, 1.807) is 24.3 Å². The van der Waals surface area contributed by atoms with Crippen LogP contribution in [0.5, 0.6) is 5.75 Å². The van der Waals surface area contributed by atoms with Crippen molar-refractivity contribution in [2.24, 2.45) is 17.8 Å². The SMILES string of the molecule is C=C(O)c1ccc(CC(=O)C(CC2C(C)C2C)c2ccc(-c3c(OC(F)F)ccc(Cl)c3F)c[n+]2[O-])cc1. The first-order valence-electron chi connectivity index (χ1n) is 12.1. The summed E-state index contributed by atoms with van der Waals surface area (Å²) in [7, 11) is 0. The van der Waals surface area contributed by atoms with Gasteiger partial charge in [0.15, 0.2) is 17.8 Å². The van der Waals surface area contributed by atoms with E-state index < -0.39 is 24.1 Å². The molecule has 0 saturated heterocycles. The Morgan fingerprint density at radius 3 is 2.34 bits per heavy atom. The number of aliphatic hydroxyl groups excluding tert-OH is 1. The van der Waals surface area contributed by atoms with E-state index in [0.717, 1.165) is 18.3 Å². The van der Waals surface area contributed by atoms with Gasteiger partial charge in [-0.15, -0.1) is 0 Å². The molecule has 3 unspecified atom stereocenters. The summed E-state index contributed by atoms with van der Waals surface area (Å²) in [6.07, 6.45) is 1.58. The van der Waals surface area contributed by atoms with Crippen LogP contribution in [-0.4, -0.2) is 17.5 Å². The highest BCUT2D eigenvalue weighted by Crippen LogP contribution is 2.50. The van der Waals surface area contributed by atoms with Gasteiger partial charge in [0.05, 0.1) is 16.1 Å². The lowest BCUT2D eigenvalue weighted by Gasteiger charge is -2.18. The van der Waals surface area contributed by atoms with Crippen molar-refractivity contribution >= 4 is 23.1 Å². The van der Waals surface area contributed by atoms with Crippen molar-refractivity contribution in [3.63, 3.8) is 0 Å². The summed E-state index contributed by atoms with van der Waals surface area (Å²) >= 11 is 5.86. The smallest absolute Gasteiger partial charge is 0.387 e. The quantitative estimate of drug-likeness (QED) is 0.167. The second-order valence-electron chi connectivity index (χ2n) is 9.74. The summed E-state index contributed by atoms with van der Waals surface area (Å²) in [4.78, 5) is 13.5. The molecule has 0 aliphatic heterocycles. The lowest BCUT2D eigenvalue weighted by Crippen LogP contribution is -2.36. The van der Waals surface area contributed by atoms with Crippen molar-refractivity contribution in [1.82, 2.24) is 0 Å². The van der Waals surface area contributed by atoms with Gasteiger partial charge in [0.2, 0.25) is 5.69 Å². The summed E-state index contributed by atoms with van der Waals surface area (Å²) in [5, 5.41) is 22.4. The Kier molecular flexibility index (Phi) is 8.02. The normalized spacial score (nSPS) is 19.3. The highest BCUT2D eigenvalue weighted by molar-refractivity contribution is 6.31. The van der Waals surface area contributed by atoms with Crippen molar-refractivity contribution in [2.75, 3.05) is 0 Å². The summed E-state index contributed by atoms with van der Waals surface area (Å²) in [6.45, 7) is 4.47. The number of carbonyl (C=O) groups excluding carboxylic acids is 1. The molecule has 3 atom stereocenters. The largest absolute Gasteiger partial charge is 0.618 e. The average molecular weight is 546 g/mol. The number of hydrogen-bond donors (Lipinski definition) is 1. The van der Waals surface area contributed by atoms with E-state index in [1.165, 1.54) is 12.1 Å². The van der Waals surface area contributed by atoms with Gasteiger partial charge in [-0.3, -0.25) is 4.79 Å². The molecule has 1 aliphatic rings. The van der Waals surface area contributed by atoms with Crippen LogP contribution in [0.3, 0.4) is 0 Å². The van der Waals surface area contributed by atoms with Crippen LogP contribution in [-0.2, 0) is 11.2 Å². The lowest BCUT2D eigenvalue weighted by atomic mass is 9.88. The standard InChI is InChI=1S/C29H27ClF3NO4/c1-15-16(2)21(15)13-22(25(36)12-18-4-6-19(7-5-18)17(3)35)24-10-8-20(14-34(24)37)27-26(38-29(32)33)11-9-23(30)28(27)31/h4-11,14-16,21-22,29,35H,3,12-13H2,1-2H3. The Hall–Kier alpha value is -3.52. The third-order valence-corrected chi connectivity index (χ3v) is 7.76. The second kappa shape index (κ2) is 11.1. The molecule has 200 valence electrons. The minimum atomic E-state index is -3.21. The molecule has 3 aromatic rings. The number of aliphatic hydroxyl groups is 1. The minimum Gasteiger partial charge on any atom is -0.618 e. The van der Waals surface area contributed by atoms with E-state index in [2.05, 4.69) is 25.2 Å². The summed E-state index contributed by atoms with van der Waals surface area (Å²) in [5.74, 6) is -1.35. The number of carbonyl (C=O) groups is 1. The fraction of sp³-hybridized carbons (Fsp3) is 0.310. The zero-order chi connectivity index (χ0) is 27.7. The van der Waals surface area contributed by atoms with Crippen LogP contribution in [0.15, 0.2) is 61.3 Å². The molecule has 5 nitrogen and oxygen atoms in total. The molecule has 38 heavy (non-hydrogen) atoms. The Labute approximate surface area is 223 Å². The molecule has 0 spiro atoms.